The molecule has 0 unspecified atom stereocenters. The standard InChI is InChI=1S/C14H19F4NO/c1-8(2)3-6-12(20)13(19)9-4-5-11(15)10(7-9)14(16,17)18/h4-5,7-8,12-13,20H,3,6,19H2,1-2H3/t12-,13+/m1/s1. The molecule has 0 spiro atoms. The second-order valence-corrected chi connectivity index (χ2v) is 5.30. The zero-order valence-electron chi connectivity index (χ0n) is 11.4. The Balaban J connectivity index is 2.91. The van der Waals surface area contributed by atoms with Crippen molar-refractivity contribution in [3.05, 3.63) is 35.1 Å². The highest BCUT2D eigenvalue weighted by molar-refractivity contribution is 5.29. The highest BCUT2D eigenvalue weighted by atomic mass is 19.4. The van der Waals surface area contributed by atoms with Crippen molar-refractivity contribution in [3.8, 4) is 0 Å². The summed E-state index contributed by atoms with van der Waals surface area (Å²) < 4.78 is 51.0. The molecular weight excluding hydrogens is 274 g/mol. The number of hydrogen-bond donors (Lipinski definition) is 2. The van der Waals surface area contributed by atoms with Crippen molar-refractivity contribution in [2.24, 2.45) is 11.7 Å². The van der Waals surface area contributed by atoms with Gasteiger partial charge >= 0.3 is 6.18 Å². The molecule has 1 rings (SSSR count). The molecule has 2 atom stereocenters. The first kappa shape index (κ1) is 16.9. The number of benzene rings is 1. The Morgan fingerprint density at radius 1 is 1.20 bits per heavy atom. The Morgan fingerprint density at radius 3 is 2.30 bits per heavy atom. The number of hydrogen-bond acceptors (Lipinski definition) is 2. The van der Waals surface area contributed by atoms with Gasteiger partial charge in [0.1, 0.15) is 5.82 Å². The maximum atomic E-state index is 13.2. The van der Waals surface area contributed by atoms with E-state index in [4.69, 9.17) is 5.73 Å². The summed E-state index contributed by atoms with van der Waals surface area (Å²) in [5.74, 6) is -0.985. The van der Waals surface area contributed by atoms with E-state index in [1.807, 2.05) is 13.8 Å². The third-order valence-corrected chi connectivity index (χ3v) is 3.14. The molecule has 0 fully saturated rings. The number of rotatable bonds is 5. The molecule has 1 aromatic rings. The normalized spacial score (nSPS) is 15.4. The summed E-state index contributed by atoms with van der Waals surface area (Å²) in [6.45, 7) is 3.94. The Labute approximate surface area is 115 Å². The molecular formula is C14H19F4NO. The summed E-state index contributed by atoms with van der Waals surface area (Å²) in [6.07, 6.45) is -4.63. The van der Waals surface area contributed by atoms with E-state index in [1.54, 1.807) is 0 Å². The fourth-order valence-electron chi connectivity index (χ4n) is 1.87. The van der Waals surface area contributed by atoms with E-state index in [2.05, 4.69) is 0 Å². The van der Waals surface area contributed by atoms with Crippen LogP contribution in [0.2, 0.25) is 0 Å². The van der Waals surface area contributed by atoms with Crippen LogP contribution in [-0.4, -0.2) is 11.2 Å². The molecule has 2 nitrogen and oxygen atoms in total. The predicted molar refractivity (Wildman–Crippen MR) is 68.4 cm³/mol. The lowest BCUT2D eigenvalue weighted by atomic mass is 9.95. The zero-order chi connectivity index (χ0) is 15.5. The molecule has 0 aliphatic rings. The third-order valence-electron chi connectivity index (χ3n) is 3.14. The van der Waals surface area contributed by atoms with Crippen molar-refractivity contribution in [3.63, 3.8) is 0 Å². The van der Waals surface area contributed by atoms with E-state index in [0.717, 1.165) is 6.07 Å². The van der Waals surface area contributed by atoms with Gasteiger partial charge in [-0.3, -0.25) is 0 Å². The summed E-state index contributed by atoms with van der Waals surface area (Å²) in [4.78, 5) is 0. The van der Waals surface area contributed by atoms with Gasteiger partial charge in [-0.15, -0.1) is 0 Å². The fourth-order valence-corrected chi connectivity index (χ4v) is 1.87. The Bertz CT molecular complexity index is 445. The van der Waals surface area contributed by atoms with E-state index in [0.29, 0.717) is 24.8 Å². The molecule has 0 amide bonds. The largest absolute Gasteiger partial charge is 0.419 e. The number of nitrogens with two attached hydrogens (primary N) is 1. The van der Waals surface area contributed by atoms with Crippen molar-refractivity contribution < 1.29 is 22.7 Å². The molecule has 0 heterocycles. The average molecular weight is 293 g/mol. The van der Waals surface area contributed by atoms with Crippen molar-refractivity contribution in [1.29, 1.82) is 0 Å². The summed E-state index contributed by atoms with van der Waals surface area (Å²) in [7, 11) is 0. The molecule has 0 aliphatic heterocycles. The monoisotopic (exact) mass is 293 g/mol. The van der Waals surface area contributed by atoms with Gasteiger partial charge in [-0.25, -0.2) is 4.39 Å². The van der Waals surface area contributed by atoms with Gasteiger partial charge in [0.25, 0.3) is 0 Å². The van der Waals surface area contributed by atoms with Gasteiger partial charge in [-0.05, 0) is 36.5 Å². The predicted octanol–water partition coefficient (Wildman–Crippen LogP) is 3.64. The molecule has 0 saturated heterocycles. The smallest absolute Gasteiger partial charge is 0.391 e. The lowest BCUT2D eigenvalue weighted by Gasteiger charge is -2.21. The molecule has 0 aromatic heterocycles. The van der Waals surface area contributed by atoms with E-state index >= 15 is 0 Å². The second kappa shape index (κ2) is 6.54. The maximum absolute atomic E-state index is 13.2. The van der Waals surface area contributed by atoms with Crippen LogP contribution in [-0.2, 0) is 6.18 Å². The van der Waals surface area contributed by atoms with Gasteiger partial charge < -0.3 is 10.8 Å². The fraction of sp³-hybridized carbons (Fsp3) is 0.571. The van der Waals surface area contributed by atoms with E-state index < -0.39 is 29.7 Å². The van der Waals surface area contributed by atoms with Gasteiger partial charge in [-0.1, -0.05) is 19.9 Å². The van der Waals surface area contributed by atoms with Gasteiger partial charge in [0.15, 0.2) is 0 Å². The number of alkyl halides is 3. The minimum absolute atomic E-state index is 0.0787. The average Bonchev–Trinajstić information content (AvgIpc) is 2.34. The van der Waals surface area contributed by atoms with Crippen LogP contribution in [0.25, 0.3) is 0 Å². The lowest BCUT2D eigenvalue weighted by Crippen LogP contribution is -2.27. The Kier molecular flexibility index (Phi) is 5.53. The molecule has 0 bridgehead atoms. The topological polar surface area (TPSA) is 46.2 Å². The van der Waals surface area contributed by atoms with Crippen LogP contribution in [0, 0.1) is 11.7 Å². The minimum atomic E-state index is -4.78. The van der Waals surface area contributed by atoms with Crippen LogP contribution in [0.5, 0.6) is 0 Å². The van der Waals surface area contributed by atoms with Crippen LogP contribution in [0.3, 0.4) is 0 Å². The van der Waals surface area contributed by atoms with E-state index in [1.165, 1.54) is 6.07 Å². The molecule has 0 saturated carbocycles. The summed E-state index contributed by atoms with van der Waals surface area (Å²) in [5.41, 5.74) is 4.47. The van der Waals surface area contributed by atoms with Gasteiger partial charge in [0, 0.05) is 0 Å². The Morgan fingerprint density at radius 2 is 1.80 bits per heavy atom. The zero-order valence-corrected chi connectivity index (χ0v) is 11.4. The van der Waals surface area contributed by atoms with Crippen molar-refractivity contribution >= 4 is 0 Å². The first-order chi connectivity index (χ1) is 9.12. The molecule has 0 aliphatic carbocycles. The summed E-state index contributed by atoms with van der Waals surface area (Å²) in [6, 6.07) is 1.61. The SMILES string of the molecule is CC(C)CC[C@@H](O)[C@@H](N)c1ccc(F)c(C(F)(F)F)c1. The molecule has 0 radical (unpaired) electrons. The van der Waals surface area contributed by atoms with Crippen molar-refractivity contribution in [1.82, 2.24) is 0 Å². The van der Waals surface area contributed by atoms with Crippen molar-refractivity contribution in [2.75, 3.05) is 0 Å². The first-order valence-electron chi connectivity index (χ1n) is 6.43. The summed E-state index contributed by atoms with van der Waals surface area (Å²) >= 11 is 0. The number of aliphatic hydroxyl groups is 1. The van der Waals surface area contributed by atoms with Gasteiger partial charge in [0.05, 0.1) is 17.7 Å². The van der Waals surface area contributed by atoms with Crippen LogP contribution in [0.1, 0.15) is 43.9 Å². The van der Waals surface area contributed by atoms with Crippen LogP contribution < -0.4 is 5.73 Å². The third kappa shape index (κ3) is 4.45. The molecule has 3 N–H and O–H groups in total. The van der Waals surface area contributed by atoms with Gasteiger partial charge in [0.2, 0.25) is 0 Å². The summed E-state index contributed by atoms with van der Waals surface area (Å²) in [5, 5.41) is 9.88. The van der Waals surface area contributed by atoms with Crippen LogP contribution in [0.4, 0.5) is 17.6 Å². The highest BCUT2D eigenvalue weighted by Gasteiger charge is 2.34. The van der Waals surface area contributed by atoms with E-state index in [9.17, 15) is 22.7 Å². The van der Waals surface area contributed by atoms with Crippen LogP contribution >= 0.6 is 0 Å². The molecule has 6 heteroatoms. The number of halogens is 4. The van der Waals surface area contributed by atoms with Gasteiger partial charge in [-0.2, -0.15) is 13.2 Å². The minimum Gasteiger partial charge on any atom is -0.391 e. The second-order valence-electron chi connectivity index (χ2n) is 5.30. The molecule has 114 valence electrons. The quantitative estimate of drug-likeness (QED) is 0.814. The number of aliphatic hydroxyl groups excluding tert-OH is 1. The van der Waals surface area contributed by atoms with Crippen molar-refractivity contribution in [2.45, 2.75) is 45.0 Å². The maximum Gasteiger partial charge on any atom is 0.419 e. The highest BCUT2D eigenvalue weighted by Crippen LogP contribution is 2.33. The Hall–Kier alpha value is -1.14. The first-order valence-corrected chi connectivity index (χ1v) is 6.43. The lowest BCUT2D eigenvalue weighted by molar-refractivity contribution is -0.140. The van der Waals surface area contributed by atoms with E-state index in [-0.39, 0.29) is 5.56 Å². The van der Waals surface area contributed by atoms with Crippen LogP contribution in [0.15, 0.2) is 18.2 Å². The molecule has 20 heavy (non-hydrogen) atoms. The molecule has 1 aromatic carbocycles.